The van der Waals surface area contributed by atoms with Gasteiger partial charge >= 0.3 is 0 Å². The zero-order valence-corrected chi connectivity index (χ0v) is 12.6. The number of nitrogens with one attached hydrogen (secondary N) is 2. The summed E-state index contributed by atoms with van der Waals surface area (Å²) in [5.74, 6) is 5.61. The number of hydrogen-bond acceptors (Lipinski definition) is 4. The van der Waals surface area contributed by atoms with E-state index in [1.54, 1.807) is 31.2 Å². The van der Waals surface area contributed by atoms with Crippen LogP contribution >= 0.6 is 11.6 Å². The van der Waals surface area contributed by atoms with Gasteiger partial charge in [-0.3, -0.25) is 4.79 Å². The highest BCUT2D eigenvalue weighted by Crippen LogP contribution is 2.17. The number of nitrogens with two attached hydrogens (primary N) is 1. The average molecular weight is 305 g/mol. The fourth-order valence-corrected chi connectivity index (χ4v) is 2.11. The van der Waals surface area contributed by atoms with E-state index in [0.29, 0.717) is 16.4 Å². The average Bonchev–Trinajstić information content (AvgIpc) is 2.47. The number of halogens is 1. The molecule has 110 valence electrons. The molecule has 2 rings (SSSR count). The number of nitrogen functional groups attached to an aromatic ring is 1. The maximum absolute atomic E-state index is 12.3. The number of hydrogen-bond donors (Lipinski definition) is 3. The Morgan fingerprint density at radius 3 is 2.57 bits per heavy atom. The molecule has 1 aromatic heterocycles. The number of anilines is 1. The molecule has 0 aliphatic carbocycles. The Hall–Kier alpha value is -2.11. The van der Waals surface area contributed by atoms with E-state index in [-0.39, 0.29) is 11.9 Å². The number of aromatic nitrogens is 1. The Labute approximate surface area is 128 Å². The topological polar surface area (TPSA) is 80.0 Å². The molecule has 0 saturated carbocycles. The van der Waals surface area contributed by atoms with Gasteiger partial charge in [0, 0.05) is 16.3 Å². The monoisotopic (exact) mass is 304 g/mol. The van der Waals surface area contributed by atoms with Crippen molar-refractivity contribution in [2.75, 3.05) is 5.43 Å². The first-order chi connectivity index (χ1) is 9.99. The molecule has 6 heteroatoms. The highest BCUT2D eigenvalue weighted by atomic mass is 35.5. The fraction of sp³-hybridized carbons (Fsp3) is 0.200. The van der Waals surface area contributed by atoms with Crippen LogP contribution in [0.2, 0.25) is 5.02 Å². The SMILES string of the molecule is Cc1cc(C(=O)NC(C)c2ccc(Cl)cc2)cc(NN)n1. The van der Waals surface area contributed by atoms with Crippen LogP contribution < -0.4 is 16.6 Å². The minimum absolute atomic E-state index is 0.127. The minimum atomic E-state index is -0.181. The predicted octanol–water partition coefficient (Wildman–Crippen LogP) is 2.82. The Kier molecular flexibility index (Phi) is 4.77. The zero-order chi connectivity index (χ0) is 15.4. The van der Waals surface area contributed by atoms with Crippen LogP contribution in [0, 0.1) is 6.92 Å². The van der Waals surface area contributed by atoms with E-state index in [9.17, 15) is 4.79 Å². The van der Waals surface area contributed by atoms with Crippen LogP contribution in [0.25, 0.3) is 0 Å². The lowest BCUT2D eigenvalue weighted by Gasteiger charge is -2.15. The van der Waals surface area contributed by atoms with Crippen LogP contribution in [0.5, 0.6) is 0 Å². The van der Waals surface area contributed by atoms with Gasteiger partial charge < -0.3 is 10.7 Å². The highest BCUT2D eigenvalue weighted by molar-refractivity contribution is 6.30. The van der Waals surface area contributed by atoms with Gasteiger partial charge in [0.25, 0.3) is 5.91 Å². The summed E-state index contributed by atoms with van der Waals surface area (Å²) < 4.78 is 0. The third kappa shape index (κ3) is 3.93. The maximum atomic E-state index is 12.3. The normalized spacial score (nSPS) is 11.8. The lowest BCUT2D eigenvalue weighted by Crippen LogP contribution is -2.27. The van der Waals surface area contributed by atoms with E-state index in [0.717, 1.165) is 11.3 Å². The summed E-state index contributed by atoms with van der Waals surface area (Å²) in [6, 6.07) is 10.6. The van der Waals surface area contributed by atoms with Crippen molar-refractivity contribution in [2.45, 2.75) is 19.9 Å². The second-order valence-corrected chi connectivity index (χ2v) is 5.21. The third-order valence-corrected chi connectivity index (χ3v) is 3.33. The standard InChI is InChI=1S/C15H17ClN4O/c1-9-7-12(8-14(18-9)20-17)15(21)19-10(2)11-3-5-13(16)6-4-11/h3-8,10H,17H2,1-2H3,(H,18,20)(H,19,21). The van der Waals surface area contributed by atoms with Crippen LogP contribution in [0.4, 0.5) is 5.82 Å². The molecule has 1 heterocycles. The van der Waals surface area contributed by atoms with Crippen LogP contribution in [0.3, 0.4) is 0 Å². The van der Waals surface area contributed by atoms with Gasteiger partial charge in [-0.15, -0.1) is 0 Å². The molecule has 5 nitrogen and oxygen atoms in total. The number of benzene rings is 1. The van der Waals surface area contributed by atoms with E-state index < -0.39 is 0 Å². The van der Waals surface area contributed by atoms with Crippen molar-refractivity contribution in [3.8, 4) is 0 Å². The molecule has 0 aliphatic heterocycles. The Morgan fingerprint density at radius 2 is 1.95 bits per heavy atom. The van der Waals surface area contributed by atoms with Crippen LogP contribution in [0.15, 0.2) is 36.4 Å². The number of aryl methyl sites for hydroxylation is 1. The number of rotatable bonds is 4. The van der Waals surface area contributed by atoms with E-state index >= 15 is 0 Å². The van der Waals surface area contributed by atoms with Gasteiger partial charge in [-0.1, -0.05) is 23.7 Å². The summed E-state index contributed by atoms with van der Waals surface area (Å²) in [6.45, 7) is 3.72. The van der Waals surface area contributed by atoms with E-state index in [2.05, 4.69) is 15.7 Å². The molecule has 4 N–H and O–H groups in total. The highest BCUT2D eigenvalue weighted by Gasteiger charge is 2.13. The number of carbonyl (C=O) groups excluding carboxylic acids is 1. The summed E-state index contributed by atoms with van der Waals surface area (Å²) in [6.07, 6.45) is 0. The molecule has 1 aromatic carbocycles. The van der Waals surface area contributed by atoms with Crippen LogP contribution in [0.1, 0.15) is 34.6 Å². The molecular formula is C15H17ClN4O. The number of carbonyl (C=O) groups is 1. The van der Waals surface area contributed by atoms with Crippen molar-refractivity contribution in [3.63, 3.8) is 0 Å². The molecule has 0 bridgehead atoms. The zero-order valence-electron chi connectivity index (χ0n) is 11.9. The fourth-order valence-electron chi connectivity index (χ4n) is 1.99. The van der Waals surface area contributed by atoms with E-state index in [1.165, 1.54) is 0 Å². The van der Waals surface area contributed by atoms with Gasteiger partial charge in [-0.2, -0.15) is 0 Å². The number of pyridine rings is 1. The first-order valence-electron chi connectivity index (χ1n) is 6.51. The summed E-state index contributed by atoms with van der Waals surface area (Å²) in [5, 5.41) is 3.60. The maximum Gasteiger partial charge on any atom is 0.251 e. The van der Waals surface area contributed by atoms with E-state index in [1.807, 2.05) is 19.1 Å². The molecule has 2 aromatic rings. The van der Waals surface area contributed by atoms with Gasteiger partial charge in [0.2, 0.25) is 0 Å². The lowest BCUT2D eigenvalue weighted by atomic mass is 10.1. The van der Waals surface area contributed by atoms with Crippen molar-refractivity contribution in [1.82, 2.24) is 10.3 Å². The molecule has 1 unspecified atom stereocenters. The quantitative estimate of drug-likeness (QED) is 0.599. The molecule has 1 atom stereocenters. The van der Waals surface area contributed by atoms with Crippen molar-refractivity contribution < 1.29 is 4.79 Å². The summed E-state index contributed by atoms with van der Waals surface area (Å²) in [7, 11) is 0. The third-order valence-electron chi connectivity index (χ3n) is 3.08. The predicted molar refractivity (Wildman–Crippen MR) is 84.1 cm³/mol. The summed E-state index contributed by atoms with van der Waals surface area (Å²) >= 11 is 5.86. The van der Waals surface area contributed by atoms with Crippen molar-refractivity contribution in [2.24, 2.45) is 5.84 Å². The van der Waals surface area contributed by atoms with Gasteiger partial charge in [0.15, 0.2) is 0 Å². The largest absolute Gasteiger partial charge is 0.346 e. The molecule has 1 amide bonds. The Bertz CT molecular complexity index is 643. The molecule has 0 fully saturated rings. The summed E-state index contributed by atoms with van der Waals surface area (Å²) in [4.78, 5) is 16.4. The van der Waals surface area contributed by atoms with Gasteiger partial charge in [0.05, 0.1) is 6.04 Å². The second kappa shape index (κ2) is 6.56. The lowest BCUT2D eigenvalue weighted by molar-refractivity contribution is 0.0939. The Balaban J connectivity index is 2.13. The van der Waals surface area contributed by atoms with Crippen LogP contribution in [-0.2, 0) is 0 Å². The van der Waals surface area contributed by atoms with Crippen molar-refractivity contribution in [1.29, 1.82) is 0 Å². The van der Waals surface area contributed by atoms with Crippen molar-refractivity contribution in [3.05, 3.63) is 58.2 Å². The number of hydrazine groups is 1. The molecule has 21 heavy (non-hydrogen) atoms. The molecular weight excluding hydrogens is 288 g/mol. The second-order valence-electron chi connectivity index (χ2n) is 4.77. The Morgan fingerprint density at radius 1 is 1.29 bits per heavy atom. The smallest absolute Gasteiger partial charge is 0.251 e. The van der Waals surface area contributed by atoms with Gasteiger partial charge in [-0.05, 0) is 43.7 Å². The molecule has 0 radical (unpaired) electrons. The van der Waals surface area contributed by atoms with Gasteiger partial charge in [0.1, 0.15) is 5.82 Å². The number of nitrogens with zero attached hydrogens (tertiary/aromatic N) is 1. The first kappa shape index (κ1) is 15.3. The minimum Gasteiger partial charge on any atom is -0.346 e. The first-order valence-corrected chi connectivity index (χ1v) is 6.89. The van der Waals surface area contributed by atoms with E-state index in [4.69, 9.17) is 17.4 Å². The summed E-state index contributed by atoms with van der Waals surface area (Å²) in [5.41, 5.74) is 4.66. The van der Waals surface area contributed by atoms with Crippen LogP contribution in [-0.4, -0.2) is 10.9 Å². The van der Waals surface area contributed by atoms with Crippen molar-refractivity contribution >= 4 is 23.3 Å². The molecule has 0 saturated heterocycles. The number of amides is 1. The van der Waals surface area contributed by atoms with Gasteiger partial charge in [-0.25, -0.2) is 10.8 Å². The molecule has 0 aliphatic rings. The molecule has 0 spiro atoms.